The van der Waals surface area contributed by atoms with Gasteiger partial charge in [-0.1, -0.05) is 6.07 Å². The van der Waals surface area contributed by atoms with Gasteiger partial charge in [0.05, 0.1) is 11.3 Å². The minimum Gasteiger partial charge on any atom is -0.478 e. The van der Waals surface area contributed by atoms with Crippen LogP contribution in [0, 0.1) is 5.82 Å². The molecule has 1 saturated heterocycles. The van der Waals surface area contributed by atoms with Crippen molar-refractivity contribution in [2.75, 3.05) is 24.5 Å². The normalized spacial score (nSPS) is 16.3. The van der Waals surface area contributed by atoms with Crippen molar-refractivity contribution in [1.82, 2.24) is 5.32 Å². The first-order valence-corrected chi connectivity index (χ1v) is 6.64. The molecule has 0 unspecified atom stereocenters. The summed E-state index contributed by atoms with van der Waals surface area (Å²) in [5, 5.41) is 12.5. The van der Waals surface area contributed by atoms with Crippen LogP contribution in [0.2, 0.25) is 0 Å². The fraction of sp³-hybridized carbons (Fsp3) is 0.500. The van der Waals surface area contributed by atoms with Crippen molar-refractivity contribution in [3.05, 3.63) is 29.6 Å². The minimum atomic E-state index is -1.08. The molecule has 0 amide bonds. The molecule has 0 bridgehead atoms. The summed E-state index contributed by atoms with van der Waals surface area (Å²) >= 11 is 0. The van der Waals surface area contributed by atoms with Crippen molar-refractivity contribution in [2.24, 2.45) is 0 Å². The molecule has 19 heavy (non-hydrogen) atoms. The number of nitrogens with zero attached hydrogens (tertiary/aromatic N) is 1. The highest BCUT2D eigenvalue weighted by Gasteiger charge is 2.26. The molecule has 0 aromatic heterocycles. The maximum Gasteiger partial charge on any atom is 0.337 e. The second-order valence-electron chi connectivity index (χ2n) is 4.71. The van der Waals surface area contributed by atoms with Crippen LogP contribution in [0.3, 0.4) is 0 Å². The predicted molar refractivity (Wildman–Crippen MR) is 72.3 cm³/mol. The lowest BCUT2D eigenvalue weighted by atomic mass is 10.0. The summed E-state index contributed by atoms with van der Waals surface area (Å²) in [6.45, 7) is 4.31. The fourth-order valence-electron chi connectivity index (χ4n) is 2.70. The summed E-state index contributed by atoms with van der Waals surface area (Å²) in [5.74, 6) is -1.54. The molecule has 0 saturated carbocycles. The van der Waals surface area contributed by atoms with E-state index in [1.54, 1.807) is 0 Å². The zero-order chi connectivity index (χ0) is 13.8. The predicted octanol–water partition coefficient (Wildman–Crippen LogP) is 2.10. The second kappa shape index (κ2) is 6.02. The van der Waals surface area contributed by atoms with E-state index in [9.17, 15) is 14.3 Å². The summed E-state index contributed by atoms with van der Waals surface area (Å²) < 4.78 is 14.1. The average molecular weight is 266 g/mol. The van der Waals surface area contributed by atoms with Crippen LogP contribution in [0.25, 0.3) is 0 Å². The van der Waals surface area contributed by atoms with Gasteiger partial charge in [-0.25, -0.2) is 9.18 Å². The number of nitrogens with one attached hydrogen (secondary N) is 1. The SMILES string of the molecule is CCN(c1c(F)cccc1C(=O)O)C1CCNCC1. The highest BCUT2D eigenvalue weighted by Crippen LogP contribution is 2.28. The molecule has 1 aromatic rings. The minimum absolute atomic E-state index is 0.0420. The number of rotatable bonds is 4. The van der Waals surface area contributed by atoms with E-state index in [-0.39, 0.29) is 17.3 Å². The number of para-hydroxylation sites is 1. The van der Waals surface area contributed by atoms with Gasteiger partial charge in [-0.3, -0.25) is 0 Å². The van der Waals surface area contributed by atoms with E-state index >= 15 is 0 Å². The van der Waals surface area contributed by atoms with E-state index in [0.717, 1.165) is 25.9 Å². The standard InChI is InChI=1S/C14H19FN2O2/c1-2-17(10-6-8-16-9-7-10)13-11(14(18)19)4-3-5-12(13)15/h3-5,10,16H,2,6-9H2,1H3,(H,18,19). The molecule has 4 nitrogen and oxygen atoms in total. The third kappa shape index (κ3) is 2.87. The molecule has 0 radical (unpaired) electrons. The van der Waals surface area contributed by atoms with Crippen LogP contribution in [-0.4, -0.2) is 36.8 Å². The zero-order valence-electron chi connectivity index (χ0n) is 11.0. The van der Waals surface area contributed by atoms with Crippen molar-refractivity contribution in [2.45, 2.75) is 25.8 Å². The van der Waals surface area contributed by atoms with Gasteiger partial charge >= 0.3 is 5.97 Å². The van der Waals surface area contributed by atoms with E-state index in [1.165, 1.54) is 18.2 Å². The van der Waals surface area contributed by atoms with E-state index < -0.39 is 11.8 Å². The molecule has 1 aromatic carbocycles. The lowest BCUT2D eigenvalue weighted by Gasteiger charge is -2.36. The van der Waals surface area contributed by atoms with Gasteiger partial charge in [0.1, 0.15) is 5.82 Å². The van der Waals surface area contributed by atoms with Crippen molar-refractivity contribution < 1.29 is 14.3 Å². The average Bonchev–Trinajstić information content (AvgIpc) is 2.42. The van der Waals surface area contributed by atoms with Crippen molar-refractivity contribution in [3.63, 3.8) is 0 Å². The number of piperidine rings is 1. The van der Waals surface area contributed by atoms with E-state index in [2.05, 4.69) is 5.32 Å². The molecule has 1 aliphatic rings. The second-order valence-corrected chi connectivity index (χ2v) is 4.71. The molecule has 0 atom stereocenters. The Morgan fingerprint density at radius 2 is 2.16 bits per heavy atom. The monoisotopic (exact) mass is 266 g/mol. The molecule has 2 N–H and O–H groups in total. The van der Waals surface area contributed by atoms with Gasteiger partial charge < -0.3 is 15.3 Å². The topological polar surface area (TPSA) is 52.6 Å². The van der Waals surface area contributed by atoms with Gasteiger partial charge in [-0.2, -0.15) is 0 Å². The van der Waals surface area contributed by atoms with Crippen LogP contribution in [0.5, 0.6) is 0 Å². The molecule has 104 valence electrons. The van der Waals surface area contributed by atoms with Crippen LogP contribution in [0.15, 0.2) is 18.2 Å². The summed E-state index contributed by atoms with van der Waals surface area (Å²) in [6.07, 6.45) is 1.81. The first-order chi connectivity index (χ1) is 9.15. The van der Waals surface area contributed by atoms with Crippen molar-refractivity contribution in [1.29, 1.82) is 0 Å². The summed E-state index contributed by atoms with van der Waals surface area (Å²) in [4.78, 5) is 13.2. The number of halogens is 1. The zero-order valence-corrected chi connectivity index (χ0v) is 11.0. The molecule has 0 aliphatic carbocycles. The third-order valence-electron chi connectivity index (χ3n) is 3.59. The quantitative estimate of drug-likeness (QED) is 0.876. The fourth-order valence-corrected chi connectivity index (χ4v) is 2.70. The van der Waals surface area contributed by atoms with Gasteiger partial charge in [0.2, 0.25) is 0 Å². The highest BCUT2D eigenvalue weighted by atomic mass is 19.1. The molecule has 1 fully saturated rings. The number of hydrogen-bond acceptors (Lipinski definition) is 3. The Kier molecular flexibility index (Phi) is 4.37. The van der Waals surface area contributed by atoms with Crippen molar-refractivity contribution in [3.8, 4) is 0 Å². The molecular formula is C14H19FN2O2. The van der Waals surface area contributed by atoms with Gasteiger partial charge in [0.15, 0.2) is 0 Å². The van der Waals surface area contributed by atoms with E-state index in [0.29, 0.717) is 6.54 Å². The number of hydrogen-bond donors (Lipinski definition) is 2. The molecule has 2 rings (SSSR count). The van der Waals surface area contributed by atoms with E-state index in [4.69, 9.17) is 0 Å². The molecular weight excluding hydrogens is 247 g/mol. The number of carboxylic acids is 1. The number of carboxylic acid groups (broad SMARTS) is 1. The van der Waals surface area contributed by atoms with Crippen LogP contribution >= 0.6 is 0 Å². The summed E-state index contributed by atoms with van der Waals surface area (Å²) in [7, 11) is 0. The smallest absolute Gasteiger partial charge is 0.337 e. The Morgan fingerprint density at radius 1 is 1.47 bits per heavy atom. The molecule has 1 heterocycles. The van der Waals surface area contributed by atoms with Crippen LogP contribution in [-0.2, 0) is 0 Å². The first-order valence-electron chi connectivity index (χ1n) is 6.64. The summed E-state index contributed by atoms with van der Waals surface area (Å²) in [6, 6.07) is 4.43. The Bertz CT molecular complexity index is 459. The van der Waals surface area contributed by atoms with Gasteiger partial charge in [0.25, 0.3) is 0 Å². The Morgan fingerprint density at radius 3 is 2.74 bits per heavy atom. The Hall–Kier alpha value is -1.62. The van der Waals surface area contributed by atoms with Gasteiger partial charge in [-0.05, 0) is 45.0 Å². The first kappa shape index (κ1) is 13.8. The number of anilines is 1. The van der Waals surface area contributed by atoms with Crippen molar-refractivity contribution >= 4 is 11.7 Å². The van der Waals surface area contributed by atoms with Crippen LogP contribution < -0.4 is 10.2 Å². The molecule has 1 aliphatic heterocycles. The lowest BCUT2D eigenvalue weighted by molar-refractivity contribution is 0.0697. The largest absolute Gasteiger partial charge is 0.478 e. The number of benzene rings is 1. The maximum absolute atomic E-state index is 14.1. The van der Waals surface area contributed by atoms with Crippen LogP contribution in [0.1, 0.15) is 30.1 Å². The molecule has 5 heteroatoms. The summed E-state index contributed by atoms with van der Waals surface area (Å²) in [5.41, 5.74) is 0.268. The number of aromatic carboxylic acids is 1. The Balaban J connectivity index is 2.39. The Labute approximate surface area is 112 Å². The highest BCUT2D eigenvalue weighted by molar-refractivity contribution is 5.94. The molecule has 0 spiro atoms. The lowest BCUT2D eigenvalue weighted by Crippen LogP contribution is -2.44. The van der Waals surface area contributed by atoms with Crippen LogP contribution in [0.4, 0.5) is 10.1 Å². The van der Waals surface area contributed by atoms with Gasteiger partial charge in [0, 0.05) is 12.6 Å². The number of carbonyl (C=O) groups is 1. The third-order valence-corrected chi connectivity index (χ3v) is 3.59. The maximum atomic E-state index is 14.1. The van der Waals surface area contributed by atoms with E-state index in [1.807, 2.05) is 11.8 Å². The van der Waals surface area contributed by atoms with Gasteiger partial charge in [-0.15, -0.1) is 0 Å².